The largest absolute Gasteiger partial charge is 0.494 e. The molecule has 3 N–H and O–H groups in total. The molecular weight excluding hydrogens is 254 g/mol. The smallest absolute Gasteiger partial charge is 0.323 e. The lowest BCUT2D eigenvalue weighted by molar-refractivity contribution is -0.144. The van der Waals surface area contributed by atoms with Crippen LogP contribution in [-0.2, 0) is 4.79 Å². The van der Waals surface area contributed by atoms with Crippen molar-refractivity contribution in [2.75, 3.05) is 6.61 Å². The summed E-state index contributed by atoms with van der Waals surface area (Å²) in [6.45, 7) is 4.63. The molecule has 20 heavy (non-hydrogen) atoms. The molecule has 1 aromatic carbocycles. The predicted molar refractivity (Wildman–Crippen MR) is 77.9 cm³/mol. The van der Waals surface area contributed by atoms with Gasteiger partial charge >= 0.3 is 5.97 Å². The van der Waals surface area contributed by atoms with Gasteiger partial charge in [-0.1, -0.05) is 12.5 Å². The number of carboxylic acids is 1. The highest BCUT2D eigenvalue weighted by Crippen LogP contribution is 2.36. The standard InChI is InChI=1S/C16H23NO3/c1-11-5-6-14(10-12(11)2)20-9-7-13-4-3-8-16(13,17)15(18)19/h5-6,10,13H,3-4,7-9,17H2,1-2H3,(H,18,19). The van der Waals surface area contributed by atoms with E-state index in [4.69, 9.17) is 10.5 Å². The minimum absolute atomic E-state index is 0.00606. The lowest BCUT2D eigenvalue weighted by atomic mass is 9.86. The van der Waals surface area contributed by atoms with Crippen LogP contribution >= 0.6 is 0 Å². The summed E-state index contributed by atoms with van der Waals surface area (Å²) in [7, 11) is 0. The number of aryl methyl sites for hydroxylation is 2. The molecule has 4 heteroatoms. The topological polar surface area (TPSA) is 72.5 Å². The molecule has 0 aliphatic heterocycles. The molecule has 2 unspecified atom stereocenters. The lowest BCUT2D eigenvalue weighted by Crippen LogP contribution is -2.51. The summed E-state index contributed by atoms with van der Waals surface area (Å²) in [5.41, 5.74) is 7.38. The van der Waals surface area contributed by atoms with Crippen LogP contribution in [0.15, 0.2) is 18.2 Å². The van der Waals surface area contributed by atoms with Crippen LogP contribution in [0.3, 0.4) is 0 Å². The fraction of sp³-hybridized carbons (Fsp3) is 0.562. The van der Waals surface area contributed by atoms with Crippen LogP contribution in [0.5, 0.6) is 5.75 Å². The van der Waals surface area contributed by atoms with Gasteiger partial charge in [-0.3, -0.25) is 4.79 Å². The highest BCUT2D eigenvalue weighted by Gasteiger charge is 2.45. The zero-order valence-electron chi connectivity index (χ0n) is 12.2. The van der Waals surface area contributed by atoms with E-state index < -0.39 is 11.5 Å². The highest BCUT2D eigenvalue weighted by molar-refractivity contribution is 5.79. The molecule has 1 saturated carbocycles. The molecule has 0 heterocycles. The van der Waals surface area contributed by atoms with Crippen molar-refractivity contribution < 1.29 is 14.6 Å². The van der Waals surface area contributed by atoms with Crippen molar-refractivity contribution in [3.8, 4) is 5.75 Å². The first kappa shape index (κ1) is 14.9. The molecule has 2 rings (SSSR count). The maximum absolute atomic E-state index is 11.3. The van der Waals surface area contributed by atoms with E-state index >= 15 is 0 Å². The summed E-state index contributed by atoms with van der Waals surface area (Å²) in [5.74, 6) is -0.0400. The fourth-order valence-electron chi connectivity index (χ4n) is 2.91. The third-order valence-corrected chi connectivity index (χ3v) is 4.48. The van der Waals surface area contributed by atoms with Gasteiger partial charge in [0.15, 0.2) is 0 Å². The van der Waals surface area contributed by atoms with Gasteiger partial charge in [-0.25, -0.2) is 0 Å². The van der Waals surface area contributed by atoms with Crippen molar-refractivity contribution >= 4 is 5.97 Å². The molecule has 0 radical (unpaired) electrons. The van der Waals surface area contributed by atoms with E-state index in [0.29, 0.717) is 19.4 Å². The van der Waals surface area contributed by atoms with Crippen molar-refractivity contribution in [3.05, 3.63) is 29.3 Å². The summed E-state index contributed by atoms with van der Waals surface area (Å²) in [4.78, 5) is 11.3. The van der Waals surface area contributed by atoms with Gasteiger partial charge in [0.2, 0.25) is 0 Å². The van der Waals surface area contributed by atoms with Crippen molar-refractivity contribution in [1.29, 1.82) is 0 Å². The predicted octanol–water partition coefficient (Wildman–Crippen LogP) is 2.65. The van der Waals surface area contributed by atoms with Crippen LogP contribution in [0.1, 0.15) is 36.8 Å². The Balaban J connectivity index is 1.89. The van der Waals surface area contributed by atoms with Crippen LogP contribution in [0, 0.1) is 19.8 Å². The quantitative estimate of drug-likeness (QED) is 0.868. The molecule has 2 atom stereocenters. The first-order chi connectivity index (χ1) is 9.43. The van der Waals surface area contributed by atoms with Gasteiger partial charge in [-0.15, -0.1) is 0 Å². The van der Waals surface area contributed by atoms with E-state index in [1.165, 1.54) is 11.1 Å². The van der Waals surface area contributed by atoms with Gasteiger partial charge in [0, 0.05) is 0 Å². The van der Waals surface area contributed by atoms with Crippen molar-refractivity contribution in [2.45, 2.75) is 45.1 Å². The number of rotatable bonds is 5. The molecule has 0 saturated heterocycles. The lowest BCUT2D eigenvalue weighted by Gasteiger charge is -2.26. The number of nitrogens with two attached hydrogens (primary N) is 1. The molecule has 0 aromatic heterocycles. The van der Waals surface area contributed by atoms with E-state index in [1.54, 1.807) is 0 Å². The number of aliphatic carboxylic acids is 1. The average molecular weight is 277 g/mol. The van der Waals surface area contributed by atoms with Gasteiger partial charge in [-0.2, -0.15) is 0 Å². The molecule has 1 aromatic rings. The second-order valence-corrected chi connectivity index (χ2v) is 5.82. The third-order valence-electron chi connectivity index (χ3n) is 4.48. The molecule has 1 fully saturated rings. The Hall–Kier alpha value is -1.55. The Labute approximate surface area is 119 Å². The van der Waals surface area contributed by atoms with E-state index in [2.05, 4.69) is 13.8 Å². The Morgan fingerprint density at radius 2 is 2.20 bits per heavy atom. The molecule has 4 nitrogen and oxygen atoms in total. The summed E-state index contributed by atoms with van der Waals surface area (Å²) in [6, 6.07) is 5.99. The van der Waals surface area contributed by atoms with Crippen LogP contribution in [0.4, 0.5) is 0 Å². The monoisotopic (exact) mass is 277 g/mol. The van der Waals surface area contributed by atoms with E-state index in [1.807, 2.05) is 18.2 Å². The number of hydrogen-bond acceptors (Lipinski definition) is 3. The average Bonchev–Trinajstić information content (AvgIpc) is 2.77. The molecule has 0 bridgehead atoms. The number of hydrogen-bond donors (Lipinski definition) is 2. The van der Waals surface area contributed by atoms with E-state index in [0.717, 1.165) is 18.6 Å². The maximum Gasteiger partial charge on any atom is 0.323 e. The molecule has 0 amide bonds. The van der Waals surface area contributed by atoms with Gasteiger partial charge in [0.25, 0.3) is 0 Å². The van der Waals surface area contributed by atoms with Crippen LogP contribution in [0.2, 0.25) is 0 Å². The van der Waals surface area contributed by atoms with Crippen molar-refractivity contribution in [2.24, 2.45) is 11.7 Å². The maximum atomic E-state index is 11.3. The first-order valence-corrected chi connectivity index (χ1v) is 7.16. The second kappa shape index (κ2) is 5.83. The minimum atomic E-state index is -1.06. The van der Waals surface area contributed by atoms with Crippen LogP contribution in [0.25, 0.3) is 0 Å². The van der Waals surface area contributed by atoms with Gasteiger partial charge < -0.3 is 15.6 Å². The second-order valence-electron chi connectivity index (χ2n) is 5.82. The number of ether oxygens (including phenoxy) is 1. The minimum Gasteiger partial charge on any atom is -0.494 e. The number of carboxylic acid groups (broad SMARTS) is 1. The van der Waals surface area contributed by atoms with Gasteiger partial charge in [-0.05, 0) is 62.3 Å². The Kier molecular flexibility index (Phi) is 4.33. The Morgan fingerprint density at radius 1 is 1.45 bits per heavy atom. The summed E-state index contributed by atoms with van der Waals surface area (Å²) in [6.07, 6.45) is 3.02. The molecule has 1 aliphatic carbocycles. The highest BCUT2D eigenvalue weighted by atomic mass is 16.5. The van der Waals surface area contributed by atoms with Gasteiger partial charge in [0.1, 0.15) is 11.3 Å². The fourth-order valence-corrected chi connectivity index (χ4v) is 2.91. The number of carbonyl (C=O) groups is 1. The van der Waals surface area contributed by atoms with Crippen molar-refractivity contribution in [1.82, 2.24) is 0 Å². The Morgan fingerprint density at radius 3 is 2.85 bits per heavy atom. The van der Waals surface area contributed by atoms with E-state index in [9.17, 15) is 9.90 Å². The summed E-state index contributed by atoms with van der Waals surface area (Å²) >= 11 is 0. The zero-order chi connectivity index (χ0) is 14.8. The summed E-state index contributed by atoms with van der Waals surface area (Å²) < 4.78 is 5.73. The van der Waals surface area contributed by atoms with E-state index in [-0.39, 0.29) is 5.92 Å². The SMILES string of the molecule is Cc1ccc(OCCC2CCCC2(N)C(=O)O)cc1C. The van der Waals surface area contributed by atoms with Crippen LogP contribution < -0.4 is 10.5 Å². The molecule has 0 spiro atoms. The molecule has 1 aliphatic rings. The molecule has 110 valence electrons. The normalized spacial score (nSPS) is 25.6. The van der Waals surface area contributed by atoms with Crippen LogP contribution in [-0.4, -0.2) is 23.2 Å². The first-order valence-electron chi connectivity index (χ1n) is 7.16. The van der Waals surface area contributed by atoms with Gasteiger partial charge in [0.05, 0.1) is 6.61 Å². The Bertz CT molecular complexity index is 500. The van der Waals surface area contributed by atoms with Crippen molar-refractivity contribution in [3.63, 3.8) is 0 Å². The molecular formula is C16H23NO3. The summed E-state index contributed by atoms with van der Waals surface area (Å²) in [5, 5.41) is 9.26. The zero-order valence-corrected chi connectivity index (χ0v) is 12.2. The number of benzene rings is 1. The third kappa shape index (κ3) is 2.96.